The minimum atomic E-state index is -0.796. The summed E-state index contributed by atoms with van der Waals surface area (Å²) >= 11 is 5.65. The van der Waals surface area contributed by atoms with Gasteiger partial charge in [-0.05, 0) is 69.2 Å². The molecular formula is C14H12BrIN2O2. The molecule has 0 amide bonds. The van der Waals surface area contributed by atoms with Crippen LogP contribution in [-0.4, -0.2) is 16.7 Å². The highest BCUT2D eigenvalue weighted by Crippen LogP contribution is 2.46. The lowest BCUT2D eigenvalue weighted by Crippen LogP contribution is -2.41. The first-order chi connectivity index (χ1) is 9.54. The molecule has 20 heavy (non-hydrogen) atoms. The zero-order chi connectivity index (χ0) is 14.3. The van der Waals surface area contributed by atoms with E-state index in [1.165, 1.54) is 0 Å². The van der Waals surface area contributed by atoms with E-state index in [1.807, 2.05) is 24.3 Å². The summed E-state index contributed by atoms with van der Waals surface area (Å²) in [5, 5.41) is 9.42. The van der Waals surface area contributed by atoms with Crippen molar-refractivity contribution < 1.29 is 9.84 Å². The second-order valence-corrected chi connectivity index (χ2v) is 6.86. The van der Waals surface area contributed by atoms with Gasteiger partial charge in [0.05, 0.1) is 5.54 Å². The molecule has 2 heterocycles. The SMILES string of the molecule is N[C@@]1(CCO)c2cc(I)ccc2Oc2ncc(Br)cc21. The van der Waals surface area contributed by atoms with Crippen LogP contribution in [0.4, 0.5) is 0 Å². The Morgan fingerprint density at radius 3 is 2.90 bits per heavy atom. The summed E-state index contributed by atoms with van der Waals surface area (Å²) in [6.07, 6.45) is 2.09. The summed E-state index contributed by atoms with van der Waals surface area (Å²) in [5.41, 5.74) is 7.50. The maximum atomic E-state index is 9.42. The summed E-state index contributed by atoms with van der Waals surface area (Å²) in [7, 11) is 0. The Kier molecular flexibility index (Phi) is 3.74. The fourth-order valence-electron chi connectivity index (χ4n) is 2.46. The van der Waals surface area contributed by atoms with Crippen LogP contribution in [0.5, 0.6) is 11.6 Å². The number of aliphatic hydroxyl groups is 1. The molecule has 6 heteroatoms. The molecule has 1 aliphatic heterocycles. The van der Waals surface area contributed by atoms with Crippen LogP contribution < -0.4 is 10.5 Å². The van der Waals surface area contributed by atoms with Crippen LogP contribution in [0.15, 0.2) is 34.9 Å². The summed E-state index contributed by atoms with van der Waals surface area (Å²) in [6.45, 7) is -0.00658. The van der Waals surface area contributed by atoms with Crippen molar-refractivity contribution in [3.05, 3.63) is 49.6 Å². The predicted molar refractivity (Wildman–Crippen MR) is 87.8 cm³/mol. The molecule has 0 fully saturated rings. The van der Waals surface area contributed by atoms with Gasteiger partial charge in [0.2, 0.25) is 5.88 Å². The van der Waals surface area contributed by atoms with Crippen LogP contribution in [-0.2, 0) is 5.54 Å². The van der Waals surface area contributed by atoms with Crippen molar-refractivity contribution in [1.29, 1.82) is 0 Å². The molecule has 1 aromatic carbocycles. The number of hydrogen-bond acceptors (Lipinski definition) is 4. The average molecular weight is 447 g/mol. The van der Waals surface area contributed by atoms with E-state index in [2.05, 4.69) is 43.5 Å². The zero-order valence-electron chi connectivity index (χ0n) is 10.4. The molecule has 1 aliphatic rings. The molecule has 3 rings (SSSR count). The van der Waals surface area contributed by atoms with Gasteiger partial charge in [-0.3, -0.25) is 0 Å². The van der Waals surface area contributed by atoms with Crippen LogP contribution in [0, 0.1) is 3.57 Å². The summed E-state index contributed by atoms with van der Waals surface area (Å²) in [6, 6.07) is 7.75. The van der Waals surface area contributed by atoms with Gasteiger partial charge in [0.25, 0.3) is 0 Å². The van der Waals surface area contributed by atoms with Crippen LogP contribution >= 0.6 is 38.5 Å². The zero-order valence-corrected chi connectivity index (χ0v) is 14.2. The quantitative estimate of drug-likeness (QED) is 0.695. The fraction of sp³-hybridized carbons (Fsp3) is 0.214. The lowest BCUT2D eigenvalue weighted by Gasteiger charge is -2.36. The smallest absolute Gasteiger partial charge is 0.224 e. The second-order valence-electron chi connectivity index (χ2n) is 4.69. The van der Waals surface area contributed by atoms with Gasteiger partial charge in [-0.15, -0.1) is 0 Å². The molecule has 3 N–H and O–H groups in total. The Bertz CT molecular complexity index is 627. The maximum Gasteiger partial charge on any atom is 0.224 e. The molecule has 0 unspecified atom stereocenters. The number of aliphatic hydroxyl groups excluding tert-OH is 1. The highest BCUT2D eigenvalue weighted by molar-refractivity contribution is 14.1. The predicted octanol–water partition coefficient (Wildman–Crippen LogP) is 3.14. The number of benzene rings is 1. The summed E-state index contributed by atoms with van der Waals surface area (Å²) < 4.78 is 7.74. The maximum absolute atomic E-state index is 9.42. The third kappa shape index (κ3) is 2.24. The monoisotopic (exact) mass is 446 g/mol. The number of rotatable bonds is 2. The van der Waals surface area contributed by atoms with Crippen molar-refractivity contribution in [2.45, 2.75) is 12.0 Å². The third-order valence-electron chi connectivity index (χ3n) is 3.43. The van der Waals surface area contributed by atoms with Crippen molar-refractivity contribution in [1.82, 2.24) is 4.98 Å². The lowest BCUT2D eigenvalue weighted by atomic mass is 9.80. The number of pyridine rings is 1. The van der Waals surface area contributed by atoms with E-state index in [0.717, 1.165) is 19.2 Å². The van der Waals surface area contributed by atoms with Crippen molar-refractivity contribution in [3.8, 4) is 11.6 Å². The largest absolute Gasteiger partial charge is 0.438 e. The number of hydrogen-bond donors (Lipinski definition) is 2. The lowest BCUT2D eigenvalue weighted by molar-refractivity contribution is 0.245. The van der Waals surface area contributed by atoms with Crippen molar-refractivity contribution in [2.75, 3.05) is 6.61 Å². The van der Waals surface area contributed by atoms with Crippen LogP contribution in [0.1, 0.15) is 17.5 Å². The fourth-order valence-corrected chi connectivity index (χ4v) is 3.28. The van der Waals surface area contributed by atoms with Crippen LogP contribution in [0.2, 0.25) is 0 Å². The molecule has 0 saturated heterocycles. The van der Waals surface area contributed by atoms with Crippen molar-refractivity contribution in [2.24, 2.45) is 5.73 Å². The normalized spacial score (nSPS) is 20.0. The molecule has 0 aliphatic carbocycles. The van der Waals surface area contributed by atoms with E-state index >= 15 is 0 Å². The topological polar surface area (TPSA) is 68.4 Å². The standard InChI is InChI=1S/C14H12BrIN2O2/c15-8-5-11-13(18-7-8)20-12-2-1-9(16)6-10(12)14(11,17)3-4-19/h1-2,5-7,19H,3-4,17H2/t14-/m0/s1. The Morgan fingerprint density at radius 2 is 2.15 bits per heavy atom. The second kappa shape index (κ2) is 5.25. The Hall–Kier alpha value is -0.700. The van der Waals surface area contributed by atoms with Crippen LogP contribution in [0.3, 0.4) is 0 Å². The van der Waals surface area contributed by atoms with E-state index < -0.39 is 5.54 Å². The van der Waals surface area contributed by atoms with E-state index in [-0.39, 0.29) is 6.61 Å². The first-order valence-electron chi connectivity index (χ1n) is 6.08. The van der Waals surface area contributed by atoms with Gasteiger partial charge < -0.3 is 15.6 Å². The number of ether oxygens (including phenoxy) is 1. The number of nitrogens with two attached hydrogens (primary N) is 1. The van der Waals surface area contributed by atoms with Gasteiger partial charge in [0, 0.05) is 32.0 Å². The van der Waals surface area contributed by atoms with Gasteiger partial charge in [-0.2, -0.15) is 0 Å². The average Bonchev–Trinajstić information content (AvgIpc) is 2.42. The van der Waals surface area contributed by atoms with Gasteiger partial charge >= 0.3 is 0 Å². The van der Waals surface area contributed by atoms with Crippen molar-refractivity contribution >= 4 is 38.5 Å². The minimum Gasteiger partial charge on any atom is -0.438 e. The molecule has 0 spiro atoms. The van der Waals surface area contributed by atoms with Gasteiger partial charge in [0.15, 0.2) is 0 Å². The first kappa shape index (κ1) is 14.2. The molecule has 2 aromatic rings. The van der Waals surface area contributed by atoms with E-state index in [1.54, 1.807) is 6.20 Å². The highest BCUT2D eigenvalue weighted by atomic mass is 127. The molecule has 0 bridgehead atoms. The third-order valence-corrected chi connectivity index (χ3v) is 4.54. The molecule has 104 valence electrons. The van der Waals surface area contributed by atoms with E-state index in [0.29, 0.717) is 18.1 Å². The highest BCUT2D eigenvalue weighted by Gasteiger charge is 2.39. The van der Waals surface area contributed by atoms with Gasteiger partial charge in [-0.1, -0.05) is 0 Å². The number of halogens is 2. The molecule has 1 atom stereocenters. The van der Waals surface area contributed by atoms with E-state index in [9.17, 15) is 5.11 Å². The van der Waals surface area contributed by atoms with Crippen molar-refractivity contribution in [3.63, 3.8) is 0 Å². The molecular weight excluding hydrogens is 435 g/mol. The van der Waals surface area contributed by atoms with Gasteiger partial charge in [-0.25, -0.2) is 4.98 Å². The minimum absolute atomic E-state index is 0.00658. The number of aromatic nitrogens is 1. The van der Waals surface area contributed by atoms with Crippen LogP contribution in [0.25, 0.3) is 0 Å². The Balaban J connectivity index is 2.26. The number of fused-ring (bicyclic) bond motifs is 2. The van der Waals surface area contributed by atoms with Gasteiger partial charge in [0.1, 0.15) is 5.75 Å². The molecule has 4 nitrogen and oxygen atoms in total. The summed E-state index contributed by atoms with van der Waals surface area (Å²) in [4.78, 5) is 4.29. The Labute approximate surface area is 138 Å². The first-order valence-corrected chi connectivity index (χ1v) is 7.95. The Morgan fingerprint density at radius 1 is 1.35 bits per heavy atom. The molecule has 1 aromatic heterocycles. The number of nitrogens with zero attached hydrogens (tertiary/aromatic N) is 1. The summed E-state index contributed by atoms with van der Waals surface area (Å²) in [5.74, 6) is 1.20. The van der Waals surface area contributed by atoms with E-state index in [4.69, 9.17) is 10.5 Å². The molecule has 0 saturated carbocycles. The molecule has 0 radical (unpaired) electrons.